The number of halogens is 1. The molecule has 6 heteroatoms. The second-order valence-electron chi connectivity index (χ2n) is 3.68. The van der Waals surface area contributed by atoms with E-state index < -0.39 is 18.0 Å². The number of rotatable bonds is 5. The largest absolute Gasteiger partial charge is 0.389 e. The van der Waals surface area contributed by atoms with Crippen molar-refractivity contribution in [2.45, 2.75) is 19.1 Å². The minimum absolute atomic E-state index is 0.0191. The first-order valence-corrected chi connectivity index (χ1v) is 6.19. The Balaban J connectivity index is 2.92. The molecule has 18 heavy (non-hydrogen) atoms. The van der Waals surface area contributed by atoms with Crippen LogP contribution in [0, 0.1) is 5.82 Å². The summed E-state index contributed by atoms with van der Waals surface area (Å²) >= 11 is 0.822. The Hall–Kier alpha value is -1.24. The zero-order valence-electron chi connectivity index (χ0n) is 9.67. The van der Waals surface area contributed by atoms with E-state index >= 15 is 0 Å². The molecule has 1 aromatic carbocycles. The third-order valence-electron chi connectivity index (χ3n) is 2.33. The molecule has 2 N–H and O–H groups in total. The maximum absolute atomic E-state index is 13.5. The van der Waals surface area contributed by atoms with Crippen LogP contribution in [0.2, 0.25) is 0 Å². The van der Waals surface area contributed by atoms with Gasteiger partial charge in [0.15, 0.2) is 11.4 Å². The highest BCUT2D eigenvalue weighted by molar-refractivity contribution is 8.13. The van der Waals surface area contributed by atoms with Gasteiger partial charge in [-0.05, 0) is 6.07 Å². The first-order chi connectivity index (χ1) is 8.47. The number of hydrogen-bond acceptors (Lipinski definition) is 5. The van der Waals surface area contributed by atoms with Gasteiger partial charge in [-0.2, -0.15) is 0 Å². The van der Waals surface area contributed by atoms with Crippen molar-refractivity contribution in [2.75, 3.05) is 5.75 Å². The van der Waals surface area contributed by atoms with Gasteiger partial charge in [0.1, 0.15) is 11.9 Å². The van der Waals surface area contributed by atoms with Gasteiger partial charge in [-0.3, -0.25) is 9.59 Å². The molecular weight excluding hydrogens is 259 g/mol. The van der Waals surface area contributed by atoms with Crippen molar-refractivity contribution in [2.24, 2.45) is 0 Å². The summed E-state index contributed by atoms with van der Waals surface area (Å²) in [6.07, 6.45) is -2.46. The zero-order valence-corrected chi connectivity index (χ0v) is 10.5. The molecule has 0 bridgehead atoms. The molecule has 4 nitrogen and oxygen atoms in total. The number of aliphatic hydroxyl groups is 2. The molecular formula is C12H13FO4S. The summed E-state index contributed by atoms with van der Waals surface area (Å²) in [5, 5.41) is 19.3. The molecule has 1 rings (SSSR count). The molecule has 0 heterocycles. The Morgan fingerprint density at radius 3 is 2.72 bits per heavy atom. The van der Waals surface area contributed by atoms with Crippen molar-refractivity contribution in [1.82, 2.24) is 0 Å². The van der Waals surface area contributed by atoms with Gasteiger partial charge < -0.3 is 10.2 Å². The van der Waals surface area contributed by atoms with Crippen molar-refractivity contribution in [3.8, 4) is 0 Å². The number of thioether (sulfide) groups is 1. The summed E-state index contributed by atoms with van der Waals surface area (Å²) < 4.78 is 13.5. The average molecular weight is 272 g/mol. The van der Waals surface area contributed by atoms with E-state index in [1.165, 1.54) is 19.1 Å². The maximum Gasteiger partial charge on any atom is 0.185 e. The normalized spacial score (nSPS) is 14.0. The van der Waals surface area contributed by atoms with Crippen molar-refractivity contribution < 1.29 is 24.2 Å². The molecule has 2 atom stereocenters. The molecule has 2 unspecified atom stereocenters. The Bertz CT molecular complexity index is 450. The quantitative estimate of drug-likeness (QED) is 0.791. The summed E-state index contributed by atoms with van der Waals surface area (Å²) in [6.45, 7) is 1.32. The predicted molar refractivity (Wildman–Crippen MR) is 65.9 cm³/mol. The van der Waals surface area contributed by atoms with Gasteiger partial charge in [-0.25, -0.2) is 4.39 Å². The first-order valence-electron chi connectivity index (χ1n) is 5.20. The predicted octanol–water partition coefficient (Wildman–Crippen LogP) is 1.31. The first kappa shape index (κ1) is 14.8. The summed E-state index contributed by atoms with van der Waals surface area (Å²) in [5.74, 6) is -0.831. The van der Waals surface area contributed by atoms with Crippen LogP contribution in [-0.2, 0) is 4.79 Å². The molecule has 0 aliphatic heterocycles. The zero-order chi connectivity index (χ0) is 13.7. The maximum atomic E-state index is 13.5. The molecule has 0 spiro atoms. The fourth-order valence-electron chi connectivity index (χ4n) is 1.45. The highest BCUT2D eigenvalue weighted by atomic mass is 32.2. The molecule has 0 saturated carbocycles. The van der Waals surface area contributed by atoms with E-state index in [0.29, 0.717) is 6.29 Å². The number of carbonyl (C=O) groups is 2. The van der Waals surface area contributed by atoms with E-state index in [2.05, 4.69) is 0 Å². The summed E-state index contributed by atoms with van der Waals surface area (Å²) in [4.78, 5) is 21.5. The number of hydrogen-bond donors (Lipinski definition) is 2. The Morgan fingerprint density at radius 2 is 2.17 bits per heavy atom. The van der Waals surface area contributed by atoms with Crippen LogP contribution in [0.15, 0.2) is 18.2 Å². The SMILES string of the molecule is CC(=O)SCC(O)C(O)c1c(F)cccc1C=O. The topological polar surface area (TPSA) is 74.6 Å². The van der Waals surface area contributed by atoms with Crippen LogP contribution in [0.25, 0.3) is 0 Å². The molecule has 0 aromatic heterocycles. The lowest BCUT2D eigenvalue weighted by molar-refractivity contribution is -0.109. The second-order valence-corrected chi connectivity index (χ2v) is 4.87. The van der Waals surface area contributed by atoms with Crippen molar-refractivity contribution in [3.63, 3.8) is 0 Å². The van der Waals surface area contributed by atoms with Crippen LogP contribution >= 0.6 is 11.8 Å². The Kier molecular flexibility index (Phi) is 5.46. The minimum atomic E-state index is -1.54. The van der Waals surface area contributed by atoms with Crippen molar-refractivity contribution in [3.05, 3.63) is 35.1 Å². The minimum Gasteiger partial charge on any atom is -0.389 e. The highest BCUT2D eigenvalue weighted by Crippen LogP contribution is 2.25. The lowest BCUT2D eigenvalue weighted by Crippen LogP contribution is -2.23. The number of benzene rings is 1. The lowest BCUT2D eigenvalue weighted by atomic mass is 9.99. The Labute approximate surface area is 108 Å². The molecule has 0 fully saturated rings. The second kappa shape index (κ2) is 6.63. The van der Waals surface area contributed by atoms with E-state index in [4.69, 9.17) is 0 Å². The van der Waals surface area contributed by atoms with E-state index in [1.807, 2.05) is 0 Å². The van der Waals surface area contributed by atoms with Crippen LogP contribution in [0.1, 0.15) is 28.9 Å². The van der Waals surface area contributed by atoms with Gasteiger partial charge in [-0.1, -0.05) is 23.9 Å². The highest BCUT2D eigenvalue weighted by Gasteiger charge is 2.24. The Morgan fingerprint density at radius 1 is 1.50 bits per heavy atom. The van der Waals surface area contributed by atoms with E-state index in [9.17, 15) is 24.2 Å². The van der Waals surface area contributed by atoms with Gasteiger partial charge in [0.05, 0.1) is 6.10 Å². The van der Waals surface area contributed by atoms with Gasteiger partial charge in [-0.15, -0.1) is 0 Å². The van der Waals surface area contributed by atoms with Crippen LogP contribution in [-0.4, -0.2) is 33.5 Å². The molecule has 0 aliphatic carbocycles. The fraction of sp³-hybridized carbons (Fsp3) is 0.333. The fourth-order valence-corrected chi connectivity index (χ4v) is 2.04. The summed E-state index contributed by atoms with van der Waals surface area (Å²) in [6, 6.07) is 3.78. The van der Waals surface area contributed by atoms with Crippen LogP contribution in [0.3, 0.4) is 0 Å². The van der Waals surface area contributed by atoms with Gasteiger partial charge in [0.2, 0.25) is 0 Å². The molecule has 0 radical (unpaired) electrons. The number of aliphatic hydroxyl groups excluding tert-OH is 2. The number of aldehydes is 1. The van der Waals surface area contributed by atoms with Crippen LogP contribution < -0.4 is 0 Å². The van der Waals surface area contributed by atoms with Crippen LogP contribution in [0.5, 0.6) is 0 Å². The van der Waals surface area contributed by atoms with E-state index in [0.717, 1.165) is 17.8 Å². The molecule has 1 aromatic rings. The third-order valence-corrected chi connectivity index (χ3v) is 3.25. The van der Waals surface area contributed by atoms with Gasteiger partial charge in [0, 0.05) is 23.8 Å². The molecule has 0 amide bonds. The molecule has 0 saturated heterocycles. The average Bonchev–Trinajstić information content (AvgIpc) is 2.34. The van der Waals surface area contributed by atoms with E-state index in [-0.39, 0.29) is 22.0 Å². The van der Waals surface area contributed by atoms with E-state index in [1.54, 1.807) is 0 Å². The van der Waals surface area contributed by atoms with Crippen LogP contribution in [0.4, 0.5) is 4.39 Å². The van der Waals surface area contributed by atoms with Crippen molar-refractivity contribution in [1.29, 1.82) is 0 Å². The smallest absolute Gasteiger partial charge is 0.185 e. The monoisotopic (exact) mass is 272 g/mol. The summed E-state index contributed by atoms with van der Waals surface area (Å²) in [5.41, 5.74) is -0.265. The van der Waals surface area contributed by atoms with Gasteiger partial charge in [0.25, 0.3) is 0 Å². The third kappa shape index (κ3) is 3.63. The van der Waals surface area contributed by atoms with Crippen molar-refractivity contribution >= 4 is 23.2 Å². The standard InChI is InChI=1S/C12H13FO4S/c1-7(15)18-6-10(16)12(17)11-8(5-14)3-2-4-9(11)13/h2-5,10,12,16-17H,6H2,1H3. The number of carbonyl (C=O) groups excluding carboxylic acids is 2. The molecule has 0 aliphatic rings. The lowest BCUT2D eigenvalue weighted by Gasteiger charge is -2.19. The molecule has 98 valence electrons. The summed E-state index contributed by atoms with van der Waals surface area (Å²) in [7, 11) is 0. The van der Waals surface area contributed by atoms with Gasteiger partial charge >= 0.3 is 0 Å².